The maximum atomic E-state index is 5.45. The predicted molar refractivity (Wildman–Crippen MR) is 71.9 cm³/mol. The molecule has 0 unspecified atom stereocenters. The van der Waals surface area contributed by atoms with Crippen LogP contribution in [0.2, 0.25) is 0 Å². The molecule has 3 heteroatoms. The van der Waals surface area contributed by atoms with Gasteiger partial charge in [-0.2, -0.15) is 0 Å². The Morgan fingerprint density at radius 1 is 1.24 bits per heavy atom. The Morgan fingerprint density at radius 3 is 2.41 bits per heavy atom. The minimum atomic E-state index is 0.689. The molecule has 0 radical (unpaired) electrons. The van der Waals surface area contributed by atoms with Crippen molar-refractivity contribution in [3.63, 3.8) is 0 Å². The predicted octanol–water partition coefficient (Wildman–Crippen LogP) is 2.27. The fraction of sp³-hybridized carbons (Fsp3) is 0.571. The summed E-state index contributed by atoms with van der Waals surface area (Å²) in [5.74, 6) is 0.960. The molecule has 2 rings (SSSR count). The van der Waals surface area contributed by atoms with E-state index in [0.717, 1.165) is 25.4 Å². The summed E-state index contributed by atoms with van der Waals surface area (Å²) in [6, 6.07) is 9.12. The van der Waals surface area contributed by atoms with Crippen LogP contribution in [0.3, 0.4) is 0 Å². The van der Waals surface area contributed by atoms with Gasteiger partial charge in [-0.15, -0.1) is 0 Å². The SMILES string of the molecule is CCOc1ccc(N2CCC(NC)CC2)cc1. The molecule has 1 fully saturated rings. The van der Waals surface area contributed by atoms with Gasteiger partial charge in [0.05, 0.1) is 6.61 Å². The number of anilines is 1. The zero-order chi connectivity index (χ0) is 12.1. The number of ether oxygens (including phenoxy) is 1. The van der Waals surface area contributed by atoms with E-state index in [1.807, 2.05) is 6.92 Å². The molecule has 0 atom stereocenters. The molecule has 1 saturated heterocycles. The lowest BCUT2D eigenvalue weighted by atomic mass is 10.0. The molecule has 1 aromatic carbocycles. The summed E-state index contributed by atoms with van der Waals surface area (Å²) < 4.78 is 5.45. The van der Waals surface area contributed by atoms with Crippen LogP contribution >= 0.6 is 0 Å². The summed E-state index contributed by atoms with van der Waals surface area (Å²) in [7, 11) is 2.05. The number of nitrogens with zero attached hydrogens (tertiary/aromatic N) is 1. The highest BCUT2D eigenvalue weighted by atomic mass is 16.5. The fourth-order valence-corrected chi connectivity index (χ4v) is 2.35. The first-order valence-corrected chi connectivity index (χ1v) is 6.48. The van der Waals surface area contributed by atoms with Crippen LogP contribution in [0.15, 0.2) is 24.3 Å². The number of hydrogen-bond acceptors (Lipinski definition) is 3. The minimum absolute atomic E-state index is 0.689. The first-order chi connectivity index (χ1) is 8.33. The quantitative estimate of drug-likeness (QED) is 0.865. The topological polar surface area (TPSA) is 24.5 Å². The third-order valence-corrected chi connectivity index (χ3v) is 3.42. The lowest BCUT2D eigenvalue weighted by Gasteiger charge is -2.33. The maximum absolute atomic E-state index is 5.45. The van der Waals surface area contributed by atoms with E-state index in [2.05, 4.69) is 41.5 Å². The van der Waals surface area contributed by atoms with Crippen molar-refractivity contribution < 1.29 is 4.74 Å². The molecular formula is C14H22N2O. The Balaban J connectivity index is 1.94. The van der Waals surface area contributed by atoms with E-state index in [9.17, 15) is 0 Å². The van der Waals surface area contributed by atoms with E-state index in [0.29, 0.717) is 6.04 Å². The van der Waals surface area contributed by atoms with Crippen LogP contribution in [0.25, 0.3) is 0 Å². The molecule has 1 aliphatic heterocycles. The molecular weight excluding hydrogens is 212 g/mol. The third-order valence-electron chi connectivity index (χ3n) is 3.42. The van der Waals surface area contributed by atoms with Crippen molar-refractivity contribution in [1.29, 1.82) is 0 Å². The monoisotopic (exact) mass is 234 g/mol. The van der Waals surface area contributed by atoms with Gasteiger partial charge in [-0.1, -0.05) is 0 Å². The van der Waals surface area contributed by atoms with Crippen molar-refractivity contribution in [1.82, 2.24) is 5.32 Å². The summed E-state index contributed by atoms with van der Waals surface area (Å²) in [6.45, 7) is 5.02. The highest BCUT2D eigenvalue weighted by Gasteiger charge is 2.17. The Bertz CT molecular complexity index is 329. The van der Waals surface area contributed by atoms with Gasteiger partial charge in [-0.25, -0.2) is 0 Å². The van der Waals surface area contributed by atoms with Gasteiger partial charge in [0.2, 0.25) is 0 Å². The zero-order valence-corrected chi connectivity index (χ0v) is 10.8. The van der Waals surface area contributed by atoms with Gasteiger partial charge in [0.1, 0.15) is 5.75 Å². The molecule has 0 aromatic heterocycles. The van der Waals surface area contributed by atoms with Gasteiger partial charge in [0.25, 0.3) is 0 Å². The molecule has 17 heavy (non-hydrogen) atoms. The minimum Gasteiger partial charge on any atom is -0.494 e. The van der Waals surface area contributed by atoms with E-state index in [4.69, 9.17) is 4.74 Å². The van der Waals surface area contributed by atoms with Crippen LogP contribution in [0.5, 0.6) is 5.75 Å². The second-order valence-corrected chi connectivity index (χ2v) is 4.48. The molecule has 1 heterocycles. The number of nitrogens with one attached hydrogen (secondary N) is 1. The van der Waals surface area contributed by atoms with Gasteiger partial charge < -0.3 is 15.0 Å². The van der Waals surface area contributed by atoms with Crippen molar-refractivity contribution in [3.8, 4) is 5.75 Å². The average molecular weight is 234 g/mol. The molecule has 0 amide bonds. The van der Waals surface area contributed by atoms with Crippen LogP contribution in [0.1, 0.15) is 19.8 Å². The number of rotatable bonds is 4. The first kappa shape index (κ1) is 12.2. The van der Waals surface area contributed by atoms with Gasteiger partial charge in [0, 0.05) is 24.8 Å². The molecule has 94 valence electrons. The Labute approximate surface area is 104 Å². The first-order valence-electron chi connectivity index (χ1n) is 6.48. The van der Waals surface area contributed by atoms with Crippen molar-refractivity contribution in [2.45, 2.75) is 25.8 Å². The summed E-state index contributed by atoms with van der Waals surface area (Å²) in [6.07, 6.45) is 2.45. The van der Waals surface area contributed by atoms with E-state index in [1.165, 1.54) is 18.5 Å². The summed E-state index contributed by atoms with van der Waals surface area (Å²) in [5, 5.41) is 3.36. The van der Waals surface area contributed by atoms with Crippen molar-refractivity contribution in [3.05, 3.63) is 24.3 Å². The Kier molecular flexibility index (Phi) is 4.26. The van der Waals surface area contributed by atoms with Crippen molar-refractivity contribution >= 4 is 5.69 Å². The molecule has 0 saturated carbocycles. The summed E-state index contributed by atoms with van der Waals surface area (Å²) in [5.41, 5.74) is 1.31. The molecule has 3 nitrogen and oxygen atoms in total. The van der Waals surface area contributed by atoms with Crippen LogP contribution in [0, 0.1) is 0 Å². The second-order valence-electron chi connectivity index (χ2n) is 4.48. The fourth-order valence-electron chi connectivity index (χ4n) is 2.35. The average Bonchev–Trinajstić information content (AvgIpc) is 2.40. The van der Waals surface area contributed by atoms with Crippen LogP contribution in [0.4, 0.5) is 5.69 Å². The normalized spacial score (nSPS) is 17.2. The van der Waals surface area contributed by atoms with Crippen LogP contribution < -0.4 is 15.0 Å². The second kappa shape index (κ2) is 5.92. The highest BCUT2D eigenvalue weighted by molar-refractivity contribution is 5.49. The lowest BCUT2D eigenvalue weighted by molar-refractivity contribution is 0.340. The zero-order valence-electron chi connectivity index (χ0n) is 10.8. The molecule has 0 bridgehead atoms. The van der Waals surface area contributed by atoms with Crippen molar-refractivity contribution in [2.24, 2.45) is 0 Å². The summed E-state index contributed by atoms with van der Waals surface area (Å²) in [4.78, 5) is 2.45. The number of piperidine rings is 1. The van der Waals surface area contributed by atoms with E-state index in [1.54, 1.807) is 0 Å². The molecule has 1 N–H and O–H groups in total. The Morgan fingerprint density at radius 2 is 1.88 bits per heavy atom. The summed E-state index contributed by atoms with van der Waals surface area (Å²) >= 11 is 0. The van der Waals surface area contributed by atoms with Crippen LogP contribution in [-0.4, -0.2) is 32.8 Å². The van der Waals surface area contributed by atoms with Crippen molar-refractivity contribution in [2.75, 3.05) is 31.6 Å². The third kappa shape index (κ3) is 3.13. The van der Waals surface area contributed by atoms with E-state index >= 15 is 0 Å². The maximum Gasteiger partial charge on any atom is 0.119 e. The Hall–Kier alpha value is -1.22. The van der Waals surface area contributed by atoms with Gasteiger partial charge in [-0.05, 0) is 51.1 Å². The molecule has 0 spiro atoms. The van der Waals surface area contributed by atoms with Gasteiger partial charge in [0.15, 0.2) is 0 Å². The highest BCUT2D eigenvalue weighted by Crippen LogP contribution is 2.22. The largest absolute Gasteiger partial charge is 0.494 e. The van der Waals surface area contributed by atoms with E-state index < -0.39 is 0 Å². The van der Waals surface area contributed by atoms with E-state index in [-0.39, 0.29) is 0 Å². The smallest absolute Gasteiger partial charge is 0.119 e. The molecule has 0 aliphatic carbocycles. The lowest BCUT2D eigenvalue weighted by Crippen LogP contribution is -2.41. The standard InChI is InChI=1S/C14H22N2O/c1-3-17-14-6-4-13(5-7-14)16-10-8-12(15-2)9-11-16/h4-7,12,15H,3,8-11H2,1-2H3. The molecule has 1 aliphatic rings. The molecule has 1 aromatic rings. The van der Waals surface area contributed by atoms with Gasteiger partial charge >= 0.3 is 0 Å². The van der Waals surface area contributed by atoms with Gasteiger partial charge in [-0.3, -0.25) is 0 Å². The van der Waals surface area contributed by atoms with Crippen LogP contribution in [-0.2, 0) is 0 Å². The number of hydrogen-bond donors (Lipinski definition) is 1. The number of benzene rings is 1.